The van der Waals surface area contributed by atoms with Crippen LogP contribution in [-0.2, 0) is 13.2 Å². The number of nitrogens with zero attached hydrogens (tertiary/aromatic N) is 3. The zero-order valence-corrected chi connectivity index (χ0v) is 14.6. The van der Waals surface area contributed by atoms with E-state index < -0.39 is 0 Å². The van der Waals surface area contributed by atoms with E-state index in [4.69, 9.17) is 4.74 Å². The van der Waals surface area contributed by atoms with Crippen molar-refractivity contribution in [1.82, 2.24) is 19.9 Å². The molecule has 132 valence electrons. The van der Waals surface area contributed by atoms with E-state index in [0.29, 0.717) is 17.9 Å². The van der Waals surface area contributed by atoms with Gasteiger partial charge in [-0.1, -0.05) is 12.1 Å². The van der Waals surface area contributed by atoms with Gasteiger partial charge in [-0.2, -0.15) is 0 Å². The molecular formula is C20H20N4O2. The molecule has 0 aliphatic carbocycles. The minimum Gasteiger partial charge on any atom is -0.487 e. The molecule has 0 spiro atoms. The largest absolute Gasteiger partial charge is 0.487 e. The smallest absolute Gasteiger partial charge is 0.251 e. The van der Waals surface area contributed by atoms with Gasteiger partial charge in [-0.05, 0) is 43.2 Å². The molecule has 1 atom stereocenters. The molecule has 0 fully saturated rings. The topological polar surface area (TPSA) is 69.0 Å². The first-order chi connectivity index (χ1) is 12.7. The number of imidazole rings is 1. The standard InChI is InChI=1S/C20H20N4O2/c1-14-5-6-17(12-22-14)26-13-15-3-2-4-16(11-15)20(25)23-18-7-9-24-10-8-21-19(18)24/h2-6,8,10-12,18H,7,9,13H2,1H3,(H,23,25). The molecule has 1 unspecified atom stereocenters. The fraction of sp³-hybridized carbons (Fsp3) is 0.250. The van der Waals surface area contributed by atoms with Crippen LogP contribution in [0.4, 0.5) is 0 Å². The zero-order chi connectivity index (χ0) is 17.9. The van der Waals surface area contributed by atoms with Crippen LogP contribution in [0.1, 0.15) is 39.9 Å². The summed E-state index contributed by atoms with van der Waals surface area (Å²) >= 11 is 0. The quantitative estimate of drug-likeness (QED) is 0.769. The first kappa shape index (κ1) is 16.3. The van der Waals surface area contributed by atoms with E-state index in [0.717, 1.165) is 30.0 Å². The molecule has 3 aromatic rings. The van der Waals surface area contributed by atoms with Crippen LogP contribution in [-0.4, -0.2) is 20.4 Å². The molecule has 6 nitrogen and oxygen atoms in total. The van der Waals surface area contributed by atoms with Gasteiger partial charge in [-0.3, -0.25) is 9.78 Å². The Morgan fingerprint density at radius 1 is 1.31 bits per heavy atom. The molecule has 0 bridgehead atoms. The molecule has 3 heterocycles. The maximum atomic E-state index is 12.6. The van der Waals surface area contributed by atoms with Crippen LogP contribution in [0.3, 0.4) is 0 Å². The van der Waals surface area contributed by atoms with Gasteiger partial charge in [0.2, 0.25) is 0 Å². The maximum absolute atomic E-state index is 12.6. The van der Waals surface area contributed by atoms with Gasteiger partial charge in [-0.15, -0.1) is 0 Å². The average molecular weight is 348 g/mol. The number of aryl methyl sites for hydroxylation is 2. The third kappa shape index (κ3) is 3.44. The molecule has 2 aromatic heterocycles. The average Bonchev–Trinajstić information content (AvgIpc) is 3.27. The maximum Gasteiger partial charge on any atom is 0.251 e. The molecule has 1 aliphatic rings. The predicted molar refractivity (Wildman–Crippen MR) is 96.8 cm³/mol. The molecule has 1 N–H and O–H groups in total. The van der Waals surface area contributed by atoms with Gasteiger partial charge in [0.1, 0.15) is 18.2 Å². The normalized spacial score (nSPS) is 15.5. The van der Waals surface area contributed by atoms with Crippen molar-refractivity contribution in [1.29, 1.82) is 0 Å². The molecule has 1 aromatic carbocycles. The van der Waals surface area contributed by atoms with Gasteiger partial charge in [-0.25, -0.2) is 4.98 Å². The summed E-state index contributed by atoms with van der Waals surface area (Å²) in [5.41, 5.74) is 2.51. The summed E-state index contributed by atoms with van der Waals surface area (Å²) in [6.07, 6.45) is 6.29. The highest BCUT2D eigenvalue weighted by molar-refractivity contribution is 5.94. The van der Waals surface area contributed by atoms with Crippen LogP contribution in [0.25, 0.3) is 0 Å². The second-order valence-corrected chi connectivity index (χ2v) is 6.42. The van der Waals surface area contributed by atoms with Crippen molar-refractivity contribution >= 4 is 5.91 Å². The van der Waals surface area contributed by atoms with Crippen LogP contribution in [0.15, 0.2) is 55.0 Å². The molecule has 26 heavy (non-hydrogen) atoms. The Bertz CT molecular complexity index is 918. The number of ether oxygens (including phenoxy) is 1. The van der Waals surface area contributed by atoms with Crippen molar-refractivity contribution < 1.29 is 9.53 Å². The minimum absolute atomic E-state index is 0.0314. The van der Waals surface area contributed by atoms with E-state index in [1.165, 1.54) is 0 Å². The van der Waals surface area contributed by atoms with Gasteiger partial charge >= 0.3 is 0 Å². The first-order valence-corrected chi connectivity index (χ1v) is 8.65. The molecule has 0 saturated heterocycles. The van der Waals surface area contributed by atoms with Crippen molar-refractivity contribution in [2.45, 2.75) is 32.5 Å². The predicted octanol–water partition coefficient (Wildman–Crippen LogP) is 3.04. The Morgan fingerprint density at radius 3 is 3.08 bits per heavy atom. The van der Waals surface area contributed by atoms with Crippen molar-refractivity contribution in [3.63, 3.8) is 0 Å². The Balaban J connectivity index is 1.40. The van der Waals surface area contributed by atoms with Crippen LogP contribution in [0, 0.1) is 6.92 Å². The fourth-order valence-corrected chi connectivity index (χ4v) is 3.10. The zero-order valence-electron chi connectivity index (χ0n) is 14.6. The number of aromatic nitrogens is 3. The van der Waals surface area contributed by atoms with Gasteiger partial charge in [0.05, 0.1) is 12.2 Å². The second-order valence-electron chi connectivity index (χ2n) is 6.42. The number of carbonyl (C=O) groups excluding carboxylic acids is 1. The van der Waals surface area contributed by atoms with Crippen molar-refractivity contribution in [3.05, 3.63) is 77.6 Å². The van der Waals surface area contributed by atoms with Gasteiger partial charge < -0.3 is 14.6 Å². The molecule has 0 saturated carbocycles. The lowest BCUT2D eigenvalue weighted by Gasteiger charge is -2.12. The van der Waals surface area contributed by atoms with Gasteiger partial charge in [0.15, 0.2) is 0 Å². The Kier molecular flexibility index (Phi) is 4.39. The molecule has 1 aliphatic heterocycles. The summed E-state index contributed by atoms with van der Waals surface area (Å²) in [6, 6.07) is 11.3. The Morgan fingerprint density at radius 2 is 2.23 bits per heavy atom. The minimum atomic E-state index is -0.0923. The monoisotopic (exact) mass is 348 g/mol. The van der Waals surface area contributed by atoms with E-state index in [-0.39, 0.29) is 11.9 Å². The first-order valence-electron chi connectivity index (χ1n) is 8.65. The van der Waals surface area contributed by atoms with E-state index >= 15 is 0 Å². The van der Waals surface area contributed by atoms with Crippen LogP contribution in [0.2, 0.25) is 0 Å². The molecular weight excluding hydrogens is 328 g/mol. The summed E-state index contributed by atoms with van der Waals surface area (Å²) in [6.45, 7) is 3.21. The number of hydrogen-bond acceptors (Lipinski definition) is 4. The number of amides is 1. The highest BCUT2D eigenvalue weighted by Gasteiger charge is 2.25. The summed E-state index contributed by atoms with van der Waals surface area (Å²) < 4.78 is 7.82. The fourth-order valence-electron chi connectivity index (χ4n) is 3.10. The number of hydrogen-bond donors (Lipinski definition) is 1. The summed E-state index contributed by atoms with van der Waals surface area (Å²) in [5.74, 6) is 1.54. The SMILES string of the molecule is Cc1ccc(OCc2cccc(C(=O)NC3CCn4ccnc43)c2)cn1. The van der Waals surface area contributed by atoms with Crippen LogP contribution >= 0.6 is 0 Å². The van der Waals surface area contributed by atoms with E-state index in [9.17, 15) is 4.79 Å². The summed E-state index contributed by atoms with van der Waals surface area (Å²) in [5, 5.41) is 3.07. The highest BCUT2D eigenvalue weighted by Crippen LogP contribution is 2.24. The lowest BCUT2D eigenvalue weighted by Crippen LogP contribution is -2.27. The van der Waals surface area contributed by atoms with Crippen LogP contribution < -0.4 is 10.1 Å². The highest BCUT2D eigenvalue weighted by atomic mass is 16.5. The van der Waals surface area contributed by atoms with E-state index in [2.05, 4.69) is 19.9 Å². The molecule has 1 amide bonds. The van der Waals surface area contributed by atoms with Gasteiger partial charge in [0.25, 0.3) is 5.91 Å². The van der Waals surface area contributed by atoms with Gasteiger partial charge in [0, 0.05) is 30.2 Å². The Labute approximate surface area is 151 Å². The second kappa shape index (κ2) is 7.00. The van der Waals surface area contributed by atoms with Crippen molar-refractivity contribution in [2.24, 2.45) is 0 Å². The number of nitrogens with one attached hydrogen (secondary N) is 1. The number of benzene rings is 1. The number of carbonyl (C=O) groups is 1. The lowest BCUT2D eigenvalue weighted by molar-refractivity contribution is 0.0935. The summed E-state index contributed by atoms with van der Waals surface area (Å²) in [4.78, 5) is 21.1. The molecule has 4 rings (SSSR count). The lowest BCUT2D eigenvalue weighted by atomic mass is 10.1. The van der Waals surface area contributed by atoms with Crippen molar-refractivity contribution in [2.75, 3.05) is 0 Å². The number of fused-ring (bicyclic) bond motifs is 1. The number of pyridine rings is 1. The summed E-state index contributed by atoms with van der Waals surface area (Å²) in [7, 11) is 0. The third-order valence-corrected chi connectivity index (χ3v) is 4.50. The van der Waals surface area contributed by atoms with E-state index in [1.807, 2.05) is 49.5 Å². The molecule has 6 heteroatoms. The van der Waals surface area contributed by atoms with Crippen LogP contribution in [0.5, 0.6) is 5.75 Å². The number of rotatable bonds is 5. The third-order valence-electron chi connectivity index (χ3n) is 4.50. The molecule has 0 radical (unpaired) electrons. The van der Waals surface area contributed by atoms with Crippen molar-refractivity contribution in [3.8, 4) is 5.75 Å². The Hall–Kier alpha value is -3.15. The van der Waals surface area contributed by atoms with E-state index in [1.54, 1.807) is 12.4 Å².